The van der Waals surface area contributed by atoms with Gasteiger partial charge >= 0.3 is 0 Å². The van der Waals surface area contributed by atoms with Crippen LogP contribution in [0.2, 0.25) is 0 Å². The van der Waals surface area contributed by atoms with Crippen LogP contribution >= 0.6 is 11.3 Å². The molecule has 0 unspecified atom stereocenters. The van der Waals surface area contributed by atoms with Gasteiger partial charge in [0, 0.05) is 0 Å². The first kappa shape index (κ1) is 12.3. The molecule has 106 valence electrons. The van der Waals surface area contributed by atoms with E-state index in [9.17, 15) is 0 Å². The summed E-state index contributed by atoms with van der Waals surface area (Å²) in [6.45, 7) is 2.29. The fraction of sp³-hybridized carbons (Fsp3) is 0.133. The van der Waals surface area contributed by atoms with Crippen molar-refractivity contribution in [2.75, 3.05) is 12.5 Å². The maximum Gasteiger partial charge on any atom is 0.231 e. The minimum atomic E-state index is 0.245. The largest absolute Gasteiger partial charge is 0.454 e. The molecule has 3 aromatic rings. The van der Waals surface area contributed by atoms with Crippen LogP contribution in [-0.4, -0.2) is 11.9 Å². The molecule has 0 bridgehead atoms. The van der Waals surface area contributed by atoms with Crippen molar-refractivity contribution in [2.24, 2.45) is 0 Å². The van der Waals surface area contributed by atoms with Gasteiger partial charge in [0.2, 0.25) is 12.7 Å². The number of nitrogens with two attached hydrogens (primary N) is 1. The topological polar surface area (TPSA) is 70.5 Å². The van der Waals surface area contributed by atoms with Crippen molar-refractivity contribution in [3.8, 4) is 33.2 Å². The van der Waals surface area contributed by atoms with E-state index in [0.717, 1.165) is 33.0 Å². The highest BCUT2D eigenvalue weighted by Gasteiger charge is 2.22. The number of anilines is 1. The lowest BCUT2D eigenvalue weighted by atomic mass is 10.0. The highest BCUT2D eigenvalue weighted by molar-refractivity contribution is 7.13. The van der Waals surface area contributed by atoms with E-state index in [-0.39, 0.29) is 6.79 Å². The molecule has 4 rings (SSSR count). The summed E-state index contributed by atoms with van der Waals surface area (Å²) in [7, 11) is 0. The van der Waals surface area contributed by atoms with E-state index in [1.165, 1.54) is 0 Å². The number of thiophene rings is 1. The first-order chi connectivity index (χ1) is 10.2. The number of hydrogen-bond acceptors (Lipinski definition) is 6. The highest BCUT2D eigenvalue weighted by Crippen LogP contribution is 2.43. The second-order valence-corrected chi connectivity index (χ2v) is 5.69. The van der Waals surface area contributed by atoms with Gasteiger partial charge in [0.25, 0.3) is 0 Å². The first-order valence-corrected chi connectivity index (χ1v) is 7.31. The summed E-state index contributed by atoms with van der Waals surface area (Å²) in [4.78, 5) is 1.06. The number of ether oxygens (including phenoxy) is 2. The third-order valence-corrected chi connectivity index (χ3v) is 4.48. The molecule has 0 saturated carbocycles. The van der Waals surface area contributed by atoms with Crippen LogP contribution in [0.1, 0.15) is 5.56 Å². The Balaban J connectivity index is 1.89. The van der Waals surface area contributed by atoms with Crippen molar-refractivity contribution in [3.05, 3.63) is 35.2 Å². The van der Waals surface area contributed by atoms with Crippen LogP contribution < -0.4 is 15.2 Å². The van der Waals surface area contributed by atoms with Crippen molar-refractivity contribution < 1.29 is 14.0 Å². The van der Waals surface area contributed by atoms with Crippen molar-refractivity contribution >= 4 is 17.2 Å². The lowest BCUT2D eigenvalue weighted by Gasteiger charge is -2.04. The standard InChI is InChI=1S/C15H12N2O3S/c1-8-4-5-21-14(8)13-12(15(16)20-17-13)9-2-3-10-11(6-9)19-7-18-10/h2-6H,7,16H2,1H3. The van der Waals surface area contributed by atoms with Gasteiger partial charge in [-0.25, -0.2) is 0 Å². The van der Waals surface area contributed by atoms with Crippen LogP contribution in [0.5, 0.6) is 11.5 Å². The highest BCUT2D eigenvalue weighted by atomic mass is 32.1. The van der Waals surface area contributed by atoms with Crippen molar-refractivity contribution in [1.29, 1.82) is 0 Å². The Morgan fingerprint density at radius 3 is 2.86 bits per heavy atom. The molecule has 0 amide bonds. The molecule has 0 saturated heterocycles. The Kier molecular flexibility index (Phi) is 2.65. The van der Waals surface area contributed by atoms with Gasteiger partial charge in [-0.1, -0.05) is 11.2 Å². The Bertz CT molecular complexity index is 822. The first-order valence-electron chi connectivity index (χ1n) is 6.43. The molecule has 2 N–H and O–H groups in total. The van der Waals surface area contributed by atoms with Crippen LogP contribution in [0.4, 0.5) is 5.88 Å². The fourth-order valence-corrected chi connectivity index (χ4v) is 3.32. The van der Waals surface area contributed by atoms with E-state index in [0.29, 0.717) is 11.6 Å². The molecule has 1 aromatic carbocycles. The van der Waals surface area contributed by atoms with Crippen molar-refractivity contribution in [3.63, 3.8) is 0 Å². The summed E-state index contributed by atoms with van der Waals surface area (Å²) in [5, 5.41) is 6.15. The summed E-state index contributed by atoms with van der Waals surface area (Å²) < 4.78 is 16.0. The molecule has 1 aliphatic rings. The Labute approximate surface area is 124 Å². The predicted octanol–water partition coefficient (Wildman–Crippen LogP) is 3.69. The van der Waals surface area contributed by atoms with Gasteiger partial charge in [-0.05, 0) is 41.6 Å². The van der Waals surface area contributed by atoms with Gasteiger partial charge in [-0.2, -0.15) is 0 Å². The van der Waals surface area contributed by atoms with E-state index >= 15 is 0 Å². The molecule has 3 heterocycles. The van der Waals surface area contributed by atoms with Gasteiger partial charge in [0.1, 0.15) is 5.69 Å². The Hall–Kier alpha value is -2.47. The molecule has 1 aliphatic heterocycles. The number of aromatic nitrogens is 1. The SMILES string of the molecule is Cc1ccsc1-c1noc(N)c1-c1ccc2c(c1)OCO2. The summed E-state index contributed by atoms with van der Waals surface area (Å²) >= 11 is 1.62. The smallest absolute Gasteiger partial charge is 0.231 e. The molecule has 0 aliphatic carbocycles. The molecule has 0 fully saturated rings. The molecule has 6 heteroatoms. The fourth-order valence-electron chi connectivity index (χ4n) is 2.40. The quantitative estimate of drug-likeness (QED) is 0.781. The van der Waals surface area contributed by atoms with Gasteiger partial charge in [0.05, 0.1) is 10.4 Å². The van der Waals surface area contributed by atoms with Crippen molar-refractivity contribution in [1.82, 2.24) is 5.16 Å². The average molecular weight is 300 g/mol. The van der Waals surface area contributed by atoms with E-state index in [1.54, 1.807) is 11.3 Å². The zero-order valence-corrected chi connectivity index (χ0v) is 12.1. The van der Waals surface area contributed by atoms with Gasteiger partial charge in [-0.15, -0.1) is 11.3 Å². The molecule has 0 atom stereocenters. The Morgan fingerprint density at radius 1 is 1.19 bits per heavy atom. The van der Waals surface area contributed by atoms with Crippen LogP contribution in [-0.2, 0) is 0 Å². The third-order valence-electron chi connectivity index (χ3n) is 3.46. The molecular weight excluding hydrogens is 288 g/mol. The number of benzene rings is 1. The number of hydrogen-bond donors (Lipinski definition) is 1. The molecular formula is C15H12N2O3S. The molecule has 5 nitrogen and oxygen atoms in total. The van der Waals surface area contributed by atoms with Crippen LogP contribution in [0, 0.1) is 6.92 Å². The third kappa shape index (κ3) is 1.87. The maximum atomic E-state index is 5.98. The van der Waals surface area contributed by atoms with Crippen LogP contribution in [0.25, 0.3) is 21.7 Å². The molecule has 0 spiro atoms. The summed E-state index contributed by atoms with van der Waals surface area (Å²) in [5.74, 6) is 1.75. The maximum absolute atomic E-state index is 5.98. The van der Waals surface area contributed by atoms with E-state index in [4.69, 9.17) is 19.7 Å². The average Bonchev–Trinajstić information content (AvgIpc) is 3.17. The van der Waals surface area contributed by atoms with E-state index in [2.05, 4.69) is 5.16 Å². The molecule has 2 aromatic heterocycles. The normalized spacial score (nSPS) is 12.8. The van der Waals surface area contributed by atoms with Gasteiger partial charge < -0.3 is 19.7 Å². The van der Waals surface area contributed by atoms with Gasteiger partial charge in [-0.3, -0.25) is 0 Å². The zero-order chi connectivity index (χ0) is 14.4. The molecule has 21 heavy (non-hydrogen) atoms. The monoisotopic (exact) mass is 300 g/mol. The van der Waals surface area contributed by atoms with Gasteiger partial charge in [0.15, 0.2) is 11.5 Å². The number of aryl methyl sites for hydroxylation is 1. The lowest BCUT2D eigenvalue weighted by Crippen LogP contribution is -1.92. The minimum Gasteiger partial charge on any atom is -0.454 e. The number of nitrogens with zero attached hydrogens (tertiary/aromatic N) is 1. The summed E-state index contributed by atoms with van der Waals surface area (Å²) in [5.41, 5.74) is 9.58. The minimum absolute atomic E-state index is 0.245. The van der Waals surface area contributed by atoms with E-state index < -0.39 is 0 Å². The van der Waals surface area contributed by atoms with Crippen LogP contribution in [0.3, 0.4) is 0 Å². The second-order valence-electron chi connectivity index (χ2n) is 4.77. The number of rotatable bonds is 2. The molecule has 0 radical (unpaired) electrons. The number of nitrogen functional groups attached to an aromatic ring is 1. The predicted molar refractivity (Wildman–Crippen MR) is 80.5 cm³/mol. The second kappa shape index (κ2) is 4.53. The van der Waals surface area contributed by atoms with E-state index in [1.807, 2.05) is 36.6 Å². The summed E-state index contributed by atoms with van der Waals surface area (Å²) in [6.07, 6.45) is 0. The zero-order valence-electron chi connectivity index (χ0n) is 11.3. The van der Waals surface area contributed by atoms with Crippen LogP contribution in [0.15, 0.2) is 34.2 Å². The summed E-state index contributed by atoms with van der Waals surface area (Å²) in [6, 6.07) is 7.75. The van der Waals surface area contributed by atoms with Crippen molar-refractivity contribution in [2.45, 2.75) is 6.92 Å². The lowest BCUT2D eigenvalue weighted by molar-refractivity contribution is 0.174. The number of fused-ring (bicyclic) bond motifs is 1. The Morgan fingerprint density at radius 2 is 2.05 bits per heavy atom.